The van der Waals surface area contributed by atoms with Gasteiger partial charge in [0.25, 0.3) is 0 Å². The molecule has 226 valence electrons. The van der Waals surface area contributed by atoms with Crippen molar-refractivity contribution in [2.24, 2.45) is 0 Å². The number of carbonyl (C=O) groups is 2. The number of benzene rings is 2. The van der Waals surface area contributed by atoms with Crippen molar-refractivity contribution in [1.82, 2.24) is 25.2 Å². The number of hydrogen-bond acceptors (Lipinski definition) is 9. The summed E-state index contributed by atoms with van der Waals surface area (Å²) in [6.07, 6.45) is 2.23. The molecule has 0 atom stereocenters. The van der Waals surface area contributed by atoms with Gasteiger partial charge in [-0.3, -0.25) is 15.0 Å². The van der Waals surface area contributed by atoms with E-state index >= 15 is 0 Å². The molecule has 0 bridgehead atoms. The molecule has 5 rings (SSSR count). The highest BCUT2D eigenvalue weighted by molar-refractivity contribution is 7.80. The Balaban J connectivity index is 1.06. The number of anilines is 2. The van der Waals surface area contributed by atoms with Gasteiger partial charge in [0, 0.05) is 63.3 Å². The Morgan fingerprint density at radius 3 is 2.35 bits per heavy atom. The van der Waals surface area contributed by atoms with E-state index in [0.717, 1.165) is 31.7 Å². The number of ether oxygens (including phenoxy) is 1. The van der Waals surface area contributed by atoms with Gasteiger partial charge in [-0.05, 0) is 55.5 Å². The number of piperazine rings is 1. The number of pyridine rings is 1. The average Bonchev–Trinajstić information content (AvgIpc) is 2.95. The second-order valence-electron chi connectivity index (χ2n) is 10.3. The maximum absolute atomic E-state index is 14.8. The fourth-order valence-corrected chi connectivity index (χ4v) is 4.85. The van der Waals surface area contributed by atoms with Crippen molar-refractivity contribution in [2.45, 2.75) is 12.8 Å². The zero-order valence-electron chi connectivity index (χ0n) is 23.6. The molecule has 43 heavy (non-hydrogen) atoms. The molecule has 0 radical (unpaired) electrons. The molecule has 2 amide bonds. The summed E-state index contributed by atoms with van der Waals surface area (Å²) in [5, 5.41) is 9.66. The molecule has 3 aromatic rings. The predicted octanol–water partition coefficient (Wildman–Crippen LogP) is 3.86. The maximum Gasteiger partial charge on any atom is 0.431 e. The summed E-state index contributed by atoms with van der Waals surface area (Å²) in [4.78, 5) is 39.0. The van der Waals surface area contributed by atoms with Crippen LogP contribution >= 0.6 is 12.2 Å². The topological polar surface area (TPSA) is 111 Å². The van der Waals surface area contributed by atoms with E-state index in [1.54, 1.807) is 17.2 Å². The summed E-state index contributed by atoms with van der Waals surface area (Å²) in [6, 6.07) is 16.5. The Kier molecular flexibility index (Phi) is 10.4. The standard InChI is InChI=1S/C30H34FN7O4S/c31-25-20-23(33-29(43)35-28(39)19-22-5-2-1-3-6-22)7-8-26(25)41-24-9-10-32-27(21-24)34-30(40)42-38-17-15-37(16-18-38)14-13-36-11-4-12-36/h1-3,5-10,20-21H,4,11-19H2,(H,32,34,40)(H2,33,35,39,43). The SMILES string of the molecule is O=C(Cc1ccccc1)NC(=S)Nc1ccc(Oc2ccnc(NC(=O)ON3CCN(CCN4CCC4)CC3)c2)c(F)c1. The van der Waals surface area contributed by atoms with Crippen LogP contribution in [0.4, 0.5) is 20.7 Å². The lowest BCUT2D eigenvalue weighted by atomic mass is 10.1. The molecule has 2 aromatic carbocycles. The van der Waals surface area contributed by atoms with Crippen molar-refractivity contribution in [1.29, 1.82) is 0 Å². The van der Waals surface area contributed by atoms with Crippen molar-refractivity contribution >= 4 is 40.8 Å². The number of nitrogens with one attached hydrogen (secondary N) is 3. The molecule has 0 unspecified atom stereocenters. The molecule has 3 heterocycles. The molecule has 3 N–H and O–H groups in total. The summed E-state index contributed by atoms with van der Waals surface area (Å²) in [5.74, 6) is -0.518. The number of aromatic nitrogens is 1. The van der Waals surface area contributed by atoms with E-state index in [1.165, 1.54) is 43.9 Å². The fourth-order valence-electron chi connectivity index (χ4n) is 4.62. The van der Waals surface area contributed by atoms with Crippen molar-refractivity contribution < 1.29 is 23.6 Å². The molecule has 13 heteroatoms. The third-order valence-electron chi connectivity index (χ3n) is 7.06. The summed E-state index contributed by atoms with van der Waals surface area (Å²) >= 11 is 5.19. The van der Waals surface area contributed by atoms with Gasteiger partial charge in [-0.1, -0.05) is 30.3 Å². The molecule has 1 aromatic heterocycles. The van der Waals surface area contributed by atoms with Gasteiger partial charge in [0.15, 0.2) is 16.7 Å². The van der Waals surface area contributed by atoms with Gasteiger partial charge < -0.3 is 25.1 Å². The summed E-state index contributed by atoms with van der Waals surface area (Å²) in [6.45, 7) is 7.40. The van der Waals surface area contributed by atoms with E-state index in [0.29, 0.717) is 18.8 Å². The van der Waals surface area contributed by atoms with Crippen molar-refractivity contribution in [2.75, 3.05) is 63.0 Å². The molecule has 2 aliphatic heterocycles. The zero-order chi connectivity index (χ0) is 30.0. The number of rotatable bonds is 10. The average molecular weight is 608 g/mol. The van der Waals surface area contributed by atoms with E-state index in [4.69, 9.17) is 21.8 Å². The van der Waals surface area contributed by atoms with E-state index < -0.39 is 11.9 Å². The largest absolute Gasteiger partial charge is 0.454 e. The van der Waals surface area contributed by atoms with Crippen LogP contribution in [0.1, 0.15) is 12.0 Å². The van der Waals surface area contributed by atoms with E-state index in [1.807, 2.05) is 30.3 Å². The van der Waals surface area contributed by atoms with Gasteiger partial charge >= 0.3 is 6.09 Å². The van der Waals surface area contributed by atoms with Crippen LogP contribution in [0.2, 0.25) is 0 Å². The summed E-state index contributed by atoms with van der Waals surface area (Å²) in [5.41, 5.74) is 1.19. The summed E-state index contributed by atoms with van der Waals surface area (Å²) in [7, 11) is 0. The molecule has 0 spiro atoms. The molecule has 2 fully saturated rings. The Bertz CT molecular complexity index is 1420. The summed E-state index contributed by atoms with van der Waals surface area (Å²) < 4.78 is 20.5. The second kappa shape index (κ2) is 14.8. The minimum absolute atomic E-state index is 0.0451. The van der Waals surface area contributed by atoms with Gasteiger partial charge in [0.05, 0.1) is 6.42 Å². The van der Waals surface area contributed by atoms with Gasteiger partial charge in [0.1, 0.15) is 11.6 Å². The molecule has 2 saturated heterocycles. The van der Waals surface area contributed by atoms with Crippen LogP contribution in [-0.4, -0.2) is 89.3 Å². The minimum Gasteiger partial charge on any atom is -0.454 e. The number of halogens is 1. The molecular formula is C30H34FN7O4S. The lowest BCUT2D eigenvalue weighted by Gasteiger charge is -2.36. The third-order valence-corrected chi connectivity index (χ3v) is 7.27. The number of carbonyl (C=O) groups excluding carboxylic acids is 2. The highest BCUT2D eigenvalue weighted by atomic mass is 32.1. The molecule has 0 saturated carbocycles. The zero-order valence-corrected chi connectivity index (χ0v) is 24.4. The Morgan fingerprint density at radius 2 is 1.65 bits per heavy atom. The lowest BCUT2D eigenvalue weighted by Crippen LogP contribution is -2.50. The smallest absolute Gasteiger partial charge is 0.431 e. The number of thiocarbonyl (C=S) groups is 1. The first kappa shape index (κ1) is 30.3. The number of hydrogen-bond donors (Lipinski definition) is 3. The van der Waals surface area contributed by atoms with Crippen LogP contribution in [0, 0.1) is 5.82 Å². The van der Waals surface area contributed by atoms with Gasteiger partial charge in [0.2, 0.25) is 5.91 Å². The molecule has 11 nitrogen and oxygen atoms in total. The van der Waals surface area contributed by atoms with Crippen LogP contribution in [0.25, 0.3) is 0 Å². The lowest BCUT2D eigenvalue weighted by molar-refractivity contribution is -0.119. The van der Waals surface area contributed by atoms with Gasteiger partial charge in [-0.15, -0.1) is 5.06 Å². The molecule has 2 aliphatic rings. The normalized spacial score (nSPS) is 15.7. The number of nitrogens with zero attached hydrogens (tertiary/aromatic N) is 4. The van der Waals surface area contributed by atoms with Crippen LogP contribution in [-0.2, 0) is 16.1 Å². The van der Waals surface area contributed by atoms with Crippen molar-refractivity contribution in [3.63, 3.8) is 0 Å². The third kappa shape index (κ3) is 9.41. The van der Waals surface area contributed by atoms with E-state index in [9.17, 15) is 14.0 Å². The second-order valence-corrected chi connectivity index (χ2v) is 10.7. The monoisotopic (exact) mass is 607 g/mol. The van der Waals surface area contributed by atoms with Crippen LogP contribution in [0.5, 0.6) is 11.5 Å². The predicted molar refractivity (Wildman–Crippen MR) is 164 cm³/mol. The van der Waals surface area contributed by atoms with E-state index in [-0.39, 0.29) is 34.8 Å². The minimum atomic E-state index is -0.660. The number of likely N-dealkylation sites (tertiary alicyclic amines) is 1. The molecular weight excluding hydrogens is 573 g/mol. The first-order valence-electron chi connectivity index (χ1n) is 14.2. The highest BCUT2D eigenvalue weighted by Gasteiger charge is 2.22. The maximum atomic E-state index is 14.8. The fraction of sp³-hybridized carbons (Fsp3) is 0.333. The van der Waals surface area contributed by atoms with E-state index in [2.05, 4.69) is 30.7 Å². The Hall–Kier alpha value is -4.17. The molecule has 0 aliphatic carbocycles. The van der Waals surface area contributed by atoms with Crippen LogP contribution in [0.15, 0.2) is 66.9 Å². The van der Waals surface area contributed by atoms with Crippen molar-refractivity contribution in [3.8, 4) is 11.5 Å². The van der Waals surface area contributed by atoms with Crippen LogP contribution < -0.4 is 20.7 Å². The van der Waals surface area contributed by atoms with Crippen molar-refractivity contribution in [3.05, 3.63) is 78.2 Å². The first-order valence-corrected chi connectivity index (χ1v) is 14.6. The number of amides is 2. The van der Waals surface area contributed by atoms with Gasteiger partial charge in [-0.25, -0.2) is 14.2 Å². The first-order chi connectivity index (χ1) is 20.9. The quantitative estimate of drug-likeness (QED) is 0.294. The number of hydroxylamine groups is 2. The van der Waals surface area contributed by atoms with Gasteiger partial charge in [-0.2, -0.15) is 0 Å². The van der Waals surface area contributed by atoms with Crippen LogP contribution in [0.3, 0.4) is 0 Å². The Labute approximate surface area is 254 Å². The Morgan fingerprint density at radius 1 is 0.907 bits per heavy atom. The highest BCUT2D eigenvalue weighted by Crippen LogP contribution is 2.27.